The van der Waals surface area contributed by atoms with Gasteiger partial charge in [0.25, 0.3) is 0 Å². The van der Waals surface area contributed by atoms with Crippen LogP contribution in [0.2, 0.25) is 0 Å². The van der Waals surface area contributed by atoms with Crippen molar-refractivity contribution < 1.29 is 13.9 Å². The lowest BCUT2D eigenvalue weighted by Crippen LogP contribution is -2.27. The smallest absolute Gasteiger partial charge is 0.224 e. The second-order valence-electron chi connectivity index (χ2n) is 6.83. The zero-order valence-corrected chi connectivity index (χ0v) is 15.6. The first kappa shape index (κ1) is 18.9. The first-order chi connectivity index (χ1) is 12.7. The SMILES string of the molecule is CCCCCC1COC(c2ccc(-c3cnc(CC)nc3F)cc2)OC1. The maximum Gasteiger partial charge on any atom is 0.224 e. The number of benzene rings is 1. The standard InChI is InChI=1S/C21H27FN2O2/c1-3-5-6-7-15-13-25-21(26-14-15)17-10-8-16(9-11-17)18-12-23-19(4-2)24-20(18)22/h8-12,15,21H,3-7,13-14H2,1-2H3. The molecule has 0 spiro atoms. The van der Waals surface area contributed by atoms with Gasteiger partial charge >= 0.3 is 0 Å². The van der Waals surface area contributed by atoms with E-state index in [4.69, 9.17) is 9.47 Å². The number of hydrogen-bond acceptors (Lipinski definition) is 4. The molecular formula is C21H27FN2O2. The minimum absolute atomic E-state index is 0.338. The summed E-state index contributed by atoms with van der Waals surface area (Å²) < 4.78 is 25.9. The quantitative estimate of drug-likeness (QED) is 0.511. The molecule has 1 aliphatic rings. The lowest BCUT2D eigenvalue weighted by Gasteiger charge is -2.29. The molecule has 26 heavy (non-hydrogen) atoms. The second kappa shape index (κ2) is 9.19. The van der Waals surface area contributed by atoms with Crippen molar-refractivity contribution in [1.82, 2.24) is 9.97 Å². The van der Waals surface area contributed by atoms with Gasteiger partial charge in [0.2, 0.25) is 5.95 Å². The Kier molecular flexibility index (Phi) is 6.69. The summed E-state index contributed by atoms with van der Waals surface area (Å²) in [6, 6.07) is 7.57. The highest BCUT2D eigenvalue weighted by Gasteiger charge is 2.23. The van der Waals surface area contributed by atoms with Gasteiger partial charge in [0, 0.05) is 24.1 Å². The van der Waals surface area contributed by atoms with E-state index in [0.29, 0.717) is 23.7 Å². The van der Waals surface area contributed by atoms with Crippen molar-refractivity contribution >= 4 is 0 Å². The number of unbranched alkanes of at least 4 members (excludes halogenated alkanes) is 2. The fourth-order valence-electron chi connectivity index (χ4n) is 3.16. The fourth-order valence-corrected chi connectivity index (χ4v) is 3.16. The van der Waals surface area contributed by atoms with Crippen molar-refractivity contribution in [2.75, 3.05) is 13.2 Å². The van der Waals surface area contributed by atoms with Crippen LogP contribution in [0, 0.1) is 11.9 Å². The molecule has 2 heterocycles. The van der Waals surface area contributed by atoms with Gasteiger partial charge in [-0.2, -0.15) is 4.39 Å². The summed E-state index contributed by atoms with van der Waals surface area (Å²) in [7, 11) is 0. The summed E-state index contributed by atoms with van der Waals surface area (Å²) in [5.41, 5.74) is 2.12. The molecule has 0 unspecified atom stereocenters. The Morgan fingerprint density at radius 3 is 2.42 bits per heavy atom. The summed E-state index contributed by atoms with van der Waals surface area (Å²) in [4.78, 5) is 8.08. The average Bonchev–Trinajstić information content (AvgIpc) is 2.69. The van der Waals surface area contributed by atoms with E-state index in [9.17, 15) is 4.39 Å². The highest BCUT2D eigenvalue weighted by atomic mass is 19.1. The Morgan fingerprint density at radius 2 is 1.81 bits per heavy atom. The van der Waals surface area contributed by atoms with Gasteiger partial charge in [-0.15, -0.1) is 0 Å². The number of hydrogen-bond donors (Lipinski definition) is 0. The Morgan fingerprint density at radius 1 is 1.08 bits per heavy atom. The van der Waals surface area contributed by atoms with E-state index in [1.165, 1.54) is 19.3 Å². The van der Waals surface area contributed by atoms with Crippen LogP contribution in [-0.2, 0) is 15.9 Å². The molecule has 0 aliphatic carbocycles. The summed E-state index contributed by atoms with van der Waals surface area (Å²) in [5, 5.41) is 0. The number of ether oxygens (including phenoxy) is 2. The molecule has 3 rings (SSSR count). The Bertz CT molecular complexity index is 698. The van der Waals surface area contributed by atoms with E-state index in [1.807, 2.05) is 31.2 Å². The Hall–Kier alpha value is -1.85. The number of halogens is 1. The number of nitrogens with zero attached hydrogens (tertiary/aromatic N) is 2. The molecule has 0 radical (unpaired) electrons. The van der Waals surface area contributed by atoms with Crippen LogP contribution in [0.4, 0.5) is 4.39 Å². The van der Waals surface area contributed by atoms with E-state index in [2.05, 4.69) is 16.9 Å². The Labute approximate surface area is 154 Å². The molecule has 2 aromatic rings. The van der Waals surface area contributed by atoms with Crippen LogP contribution in [0.3, 0.4) is 0 Å². The number of rotatable bonds is 7. The molecule has 0 saturated carbocycles. The molecular weight excluding hydrogens is 331 g/mol. The van der Waals surface area contributed by atoms with Gasteiger partial charge in [-0.1, -0.05) is 57.4 Å². The minimum atomic E-state index is -0.482. The number of aryl methyl sites for hydroxylation is 1. The van der Waals surface area contributed by atoms with Crippen molar-refractivity contribution in [3.05, 3.63) is 47.8 Å². The molecule has 140 valence electrons. The molecule has 0 bridgehead atoms. The zero-order chi connectivity index (χ0) is 18.4. The van der Waals surface area contributed by atoms with Crippen LogP contribution >= 0.6 is 0 Å². The minimum Gasteiger partial charge on any atom is -0.348 e. The van der Waals surface area contributed by atoms with Crippen molar-refractivity contribution in [3.8, 4) is 11.1 Å². The molecule has 1 saturated heterocycles. The van der Waals surface area contributed by atoms with Gasteiger partial charge in [-0.25, -0.2) is 9.97 Å². The predicted octanol–water partition coefficient (Wildman–Crippen LogP) is 5.09. The third kappa shape index (κ3) is 4.65. The topological polar surface area (TPSA) is 44.2 Å². The molecule has 1 aromatic heterocycles. The first-order valence-electron chi connectivity index (χ1n) is 9.56. The van der Waals surface area contributed by atoms with Gasteiger partial charge in [0.1, 0.15) is 5.82 Å². The summed E-state index contributed by atoms with van der Waals surface area (Å²) >= 11 is 0. The number of aromatic nitrogens is 2. The van der Waals surface area contributed by atoms with Gasteiger partial charge in [-0.05, 0) is 12.0 Å². The van der Waals surface area contributed by atoms with Crippen molar-refractivity contribution in [1.29, 1.82) is 0 Å². The van der Waals surface area contributed by atoms with Crippen LogP contribution in [0.25, 0.3) is 11.1 Å². The second-order valence-corrected chi connectivity index (χ2v) is 6.83. The van der Waals surface area contributed by atoms with Crippen LogP contribution in [0.15, 0.2) is 30.5 Å². The molecule has 0 amide bonds. The molecule has 5 heteroatoms. The van der Waals surface area contributed by atoms with E-state index in [0.717, 1.165) is 30.8 Å². The molecule has 0 N–H and O–H groups in total. The van der Waals surface area contributed by atoms with Crippen molar-refractivity contribution in [2.24, 2.45) is 5.92 Å². The van der Waals surface area contributed by atoms with E-state index in [-0.39, 0.29) is 6.29 Å². The highest BCUT2D eigenvalue weighted by Crippen LogP contribution is 2.29. The third-order valence-electron chi connectivity index (χ3n) is 4.78. The van der Waals surface area contributed by atoms with Gasteiger partial charge in [0.05, 0.1) is 18.8 Å². The van der Waals surface area contributed by atoms with Gasteiger partial charge in [-0.3, -0.25) is 0 Å². The summed E-state index contributed by atoms with van der Waals surface area (Å²) in [6.07, 6.45) is 6.72. The van der Waals surface area contributed by atoms with Crippen molar-refractivity contribution in [3.63, 3.8) is 0 Å². The lowest BCUT2D eigenvalue weighted by atomic mass is 10.0. The van der Waals surface area contributed by atoms with Crippen LogP contribution in [0.5, 0.6) is 0 Å². The average molecular weight is 358 g/mol. The van der Waals surface area contributed by atoms with E-state index >= 15 is 0 Å². The predicted molar refractivity (Wildman–Crippen MR) is 99.1 cm³/mol. The van der Waals surface area contributed by atoms with Crippen LogP contribution in [-0.4, -0.2) is 23.2 Å². The third-order valence-corrected chi connectivity index (χ3v) is 4.78. The maximum absolute atomic E-state index is 14.1. The molecule has 1 aromatic carbocycles. The summed E-state index contributed by atoms with van der Waals surface area (Å²) in [5.74, 6) is 0.519. The maximum atomic E-state index is 14.1. The van der Waals surface area contributed by atoms with E-state index in [1.54, 1.807) is 6.20 Å². The normalized spacial score (nSPS) is 20.3. The largest absolute Gasteiger partial charge is 0.348 e. The summed E-state index contributed by atoms with van der Waals surface area (Å²) in [6.45, 7) is 5.58. The zero-order valence-electron chi connectivity index (χ0n) is 15.6. The molecule has 1 aliphatic heterocycles. The lowest BCUT2D eigenvalue weighted by molar-refractivity contribution is -0.206. The monoisotopic (exact) mass is 358 g/mol. The first-order valence-corrected chi connectivity index (χ1v) is 9.56. The molecule has 0 atom stereocenters. The fraction of sp³-hybridized carbons (Fsp3) is 0.524. The van der Waals surface area contributed by atoms with E-state index < -0.39 is 5.95 Å². The van der Waals surface area contributed by atoms with Crippen LogP contribution < -0.4 is 0 Å². The van der Waals surface area contributed by atoms with Gasteiger partial charge < -0.3 is 9.47 Å². The highest BCUT2D eigenvalue weighted by molar-refractivity contribution is 5.62. The molecule has 1 fully saturated rings. The van der Waals surface area contributed by atoms with Crippen molar-refractivity contribution in [2.45, 2.75) is 52.2 Å². The van der Waals surface area contributed by atoms with Crippen LogP contribution in [0.1, 0.15) is 57.2 Å². The Balaban J connectivity index is 1.60. The molecule has 4 nitrogen and oxygen atoms in total. The van der Waals surface area contributed by atoms with Gasteiger partial charge in [0.15, 0.2) is 6.29 Å².